The van der Waals surface area contributed by atoms with Crippen molar-refractivity contribution in [2.24, 2.45) is 10.8 Å². The highest BCUT2D eigenvalue weighted by Gasteiger charge is 2.07. The van der Waals surface area contributed by atoms with Crippen LogP contribution in [-0.4, -0.2) is 25.0 Å². The molecule has 2 aromatic rings. The molecule has 3 N–H and O–H groups in total. The Hall–Kier alpha value is -2.80. The second-order valence-corrected chi connectivity index (χ2v) is 5.45. The molecule has 0 aliphatic carbocycles. The topological polar surface area (TPSA) is 78.1 Å². The van der Waals surface area contributed by atoms with Gasteiger partial charge in [0.25, 0.3) is 0 Å². The molecule has 0 spiro atoms. The van der Waals surface area contributed by atoms with Crippen LogP contribution in [-0.2, 0) is 6.61 Å². The van der Waals surface area contributed by atoms with Crippen molar-refractivity contribution >= 4 is 23.5 Å². The third kappa shape index (κ3) is 5.96. The molecule has 2 aromatic carbocycles. The normalized spacial score (nSPS) is 10.5. The summed E-state index contributed by atoms with van der Waals surface area (Å²) in [5, 5.41) is 4.04. The van der Waals surface area contributed by atoms with Crippen LogP contribution in [0.5, 0.6) is 17.2 Å². The van der Waals surface area contributed by atoms with E-state index in [9.17, 15) is 0 Å². The Morgan fingerprint density at radius 1 is 1.20 bits per heavy atom. The Morgan fingerprint density at radius 3 is 2.76 bits per heavy atom. The molecule has 0 fully saturated rings. The molecule has 0 saturated carbocycles. The Kier molecular flexibility index (Phi) is 7.03. The molecular formula is C18H21N3O3S. The van der Waals surface area contributed by atoms with Gasteiger partial charge in [0.1, 0.15) is 12.4 Å². The highest BCUT2D eigenvalue weighted by atomic mass is 32.1. The van der Waals surface area contributed by atoms with Crippen LogP contribution >= 0.6 is 12.2 Å². The van der Waals surface area contributed by atoms with Crippen molar-refractivity contribution in [3.05, 3.63) is 53.6 Å². The van der Waals surface area contributed by atoms with Crippen LogP contribution in [0.4, 0.5) is 0 Å². The fourth-order valence-electron chi connectivity index (χ4n) is 2.09. The van der Waals surface area contributed by atoms with Gasteiger partial charge < -0.3 is 19.9 Å². The lowest BCUT2D eigenvalue weighted by Crippen LogP contribution is -2.23. The Balaban J connectivity index is 2.10. The molecule has 0 atom stereocenters. The van der Waals surface area contributed by atoms with E-state index < -0.39 is 0 Å². The second kappa shape index (κ2) is 9.48. The summed E-state index contributed by atoms with van der Waals surface area (Å²) in [6.45, 7) is 2.86. The van der Waals surface area contributed by atoms with Crippen LogP contribution in [0.1, 0.15) is 18.1 Å². The number of thiocarbonyl (C=S) groups is 1. The molecule has 25 heavy (non-hydrogen) atoms. The van der Waals surface area contributed by atoms with Crippen molar-refractivity contribution in [1.29, 1.82) is 0 Å². The predicted octanol–water partition coefficient (Wildman–Crippen LogP) is 2.84. The van der Waals surface area contributed by atoms with Gasteiger partial charge in [-0.1, -0.05) is 12.1 Å². The van der Waals surface area contributed by atoms with E-state index in [-0.39, 0.29) is 5.11 Å². The van der Waals surface area contributed by atoms with Gasteiger partial charge in [-0.15, -0.1) is 0 Å². The number of nitrogens with two attached hydrogens (primary N) is 1. The Morgan fingerprint density at radius 2 is 2.04 bits per heavy atom. The predicted molar refractivity (Wildman–Crippen MR) is 102 cm³/mol. The number of nitrogens with one attached hydrogen (secondary N) is 1. The van der Waals surface area contributed by atoms with E-state index in [1.54, 1.807) is 13.3 Å². The zero-order chi connectivity index (χ0) is 18.1. The second-order valence-electron chi connectivity index (χ2n) is 5.01. The molecule has 0 radical (unpaired) electrons. The summed E-state index contributed by atoms with van der Waals surface area (Å²) in [4.78, 5) is 0. The molecule has 2 rings (SSSR count). The molecule has 0 bridgehead atoms. The van der Waals surface area contributed by atoms with Crippen molar-refractivity contribution in [2.75, 3.05) is 13.7 Å². The molecule has 0 aliphatic heterocycles. The van der Waals surface area contributed by atoms with E-state index in [1.807, 2.05) is 49.4 Å². The molecule has 0 aliphatic rings. The lowest BCUT2D eigenvalue weighted by molar-refractivity contribution is 0.269. The first-order valence-electron chi connectivity index (χ1n) is 7.73. The number of methoxy groups -OCH3 is 1. The van der Waals surface area contributed by atoms with Crippen LogP contribution in [0, 0.1) is 0 Å². The van der Waals surface area contributed by atoms with E-state index >= 15 is 0 Å². The van der Waals surface area contributed by atoms with Gasteiger partial charge in [0.15, 0.2) is 16.6 Å². The van der Waals surface area contributed by atoms with E-state index in [0.717, 1.165) is 16.9 Å². The standard InChI is InChI=1S/C18H21N3O3S/c1-3-23-17-10-13(11-20-21-18(19)25)7-8-16(17)24-12-14-5-4-6-15(9-14)22-2/h4-11H,3,12H2,1-2H3,(H3,19,21,25). The summed E-state index contributed by atoms with van der Waals surface area (Å²) in [6, 6.07) is 13.3. The minimum Gasteiger partial charge on any atom is -0.497 e. The monoisotopic (exact) mass is 359 g/mol. The van der Waals surface area contributed by atoms with Gasteiger partial charge >= 0.3 is 0 Å². The summed E-state index contributed by atoms with van der Waals surface area (Å²) in [7, 11) is 1.64. The highest BCUT2D eigenvalue weighted by Crippen LogP contribution is 2.29. The number of benzene rings is 2. The van der Waals surface area contributed by atoms with Crippen LogP contribution < -0.4 is 25.4 Å². The number of nitrogens with zero attached hydrogens (tertiary/aromatic N) is 1. The molecule has 0 unspecified atom stereocenters. The largest absolute Gasteiger partial charge is 0.497 e. The third-order valence-corrected chi connectivity index (χ3v) is 3.28. The number of hydrogen-bond donors (Lipinski definition) is 2. The Bertz CT molecular complexity index is 750. The van der Waals surface area contributed by atoms with Crippen LogP contribution in [0.15, 0.2) is 47.6 Å². The van der Waals surface area contributed by atoms with Crippen molar-refractivity contribution in [1.82, 2.24) is 5.43 Å². The third-order valence-electron chi connectivity index (χ3n) is 3.18. The van der Waals surface area contributed by atoms with Gasteiger partial charge in [0.05, 0.1) is 19.9 Å². The number of rotatable bonds is 8. The van der Waals surface area contributed by atoms with Gasteiger partial charge in [-0.2, -0.15) is 5.10 Å². The first-order valence-corrected chi connectivity index (χ1v) is 8.14. The first kappa shape index (κ1) is 18.5. The molecule has 7 heteroatoms. The van der Waals surface area contributed by atoms with Crippen molar-refractivity contribution in [3.8, 4) is 17.2 Å². The number of hydrogen-bond acceptors (Lipinski definition) is 5. The number of ether oxygens (including phenoxy) is 3. The molecule has 0 amide bonds. The summed E-state index contributed by atoms with van der Waals surface area (Å²) < 4.78 is 16.8. The van der Waals surface area contributed by atoms with Gasteiger partial charge in [0.2, 0.25) is 0 Å². The summed E-state index contributed by atoms with van der Waals surface area (Å²) in [6.07, 6.45) is 1.60. The minimum atomic E-state index is 0.111. The van der Waals surface area contributed by atoms with Crippen LogP contribution in [0.3, 0.4) is 0 Å². The highest BCUT2D eigenvalue weighted by molar-refractivity contribution is 7.80. The summed E-state index contributed by atoms with van der Waals surface area (Å²) in [5.41, 5.74) is 9.68. The van der Waals surface area contributed by atoms with E-state index in [2.05, 4.69) is 10.5 Å². The Labute approximate surface area is 152 Å². The molecule has 6 nitrogen and oxygen atoms in total. The average molecular weight is 359 g/mol. The maximum atomic E-state index is 5.89. The van der Waals surface area contributed by atoms with E-state index in [1.165, 1.54) is 0 Å². The quantitative estimate of drug-likeness (QED) is 0.429. The lowest BCUT2D eigenvalue weighted by atomic mass is 10.2. The fraction of sp³-hybridized carbons (Fsp3) is 0.222. The van der Waals surface area contributed by atoms with Crippen molar-refractivity contribution in [3.63, 3.8) is 0 Å². The molecule has 0 aromatic heterocycles. The summed E-state index contributed by atoms with van der Waals surface area (Å²) >= 11 is 4.70. The fourth-order valence-corrected chi connectivity index (χ4v) is 2.14. The zero-order valence-electron chi connectivity index (χ0n) is 14.2. The van der Waals surface area contributed by atoms with Gasteiger partial charge in [-0.25, -0.2) is 0 Å². The molecule has 0 heterocycles. The SMILES string of the molecule is CCOc1cc(C=NNC(N)=S)ccc1OCc1cccc(OC)c1. The van der Waals surface area contributed by atoms with Crippen molar-refractivity contribution < 1.29 is 14.2 Å². The maximum Gasteiger partial charge on any atom is 0.184 e. The minimum absolute atomic E-state index is 0.111. The van der Waals surface area contributed by atoms with E-state index in [4.69, 9.17) is 32.2 Å². The van der Waals surface area contributed by atoms with Gasteiger partial charge in [-0.05, 0) is 60.6 Å². The first-order chi connectivity index (χ1) is 12.1. The van der Waals surface area contributed by atoms with Gasteiger partial charge in [-0.3, -0.25) is 5.43 Å². The summed E-state index contributed by atoms with van der Waals surface area (Å²) in [5.74, 6) is 2.09. The van der Waals surface area contributed by atoms with Crippen LogP contribution in [0.25, 0.3) is 0 Å². The average Bonchev–Trinajstić information content (AvgIpc) is 2.61. The lowest BCUT2D eigenvalue weighted by Gasteiger charge is -2.13. The smallest absolute Gasteiger partial charge is 0.184 e. The van der Waals surface area contributed by atoms with Gasteiger partial charge in [0, 0.05) is 0 Å². The van der Waals surface area contributed by atoms with E-state index in [0.29, 0.717) is 24.7 Å². The number of hydrazone groups is 1. The zero-order valence-corrected chi connectivity index (χ0v) is 15.0. The maximum absolute atomic E-state index is 5.89. The molecule has 0 saturated heterocycles. The van der Waals surface area contributed by atoms with Crippen molar-refractivity contribution in [2.45, 2.75) is 13.5 Å². The molecular weight excluding hydrogens is 338 g/mol. The van der Waals surface area contributed by atoms with Crippen LogP contribution in [0.2, 0.25) is 0 Å². The molecule has 132 valence electrons.